The molecular weight excluding hydrogens is 255 g/mol. The number of halogens is 3. The number of aryl methyl sites for hydroxylation is 1. The second-order valence-corrected chi connectivity index (χ2v) is 4.41. The Morgan fingerprint density at radius 1 is 1.32 bits per heavy atom. The molecule has 0 aliphatic rings. The second-order valence-electron chi connectivity index (χ2n) is 4.41. The summed E-state index contributed by atoms with van der Waals surface area (Å²) in [7, 11) is 0. The molecule has 0 radical (unpaired) electrons. The molecule has 1 aromatic carbocycles. The predicted octanol–water partition coefficient (Wildman–Crippen LogP) is 2.91. The van der Waals surface area contributed by atoms with Crippen molar-refractivity contribution < 1.29 is 13.2 Å². The first kappa shape index (κ1) is 13.6. The average molecular weight is 269 g/mol. The molecule has 1 atom stereocenters. The first-order valence-electron chi connectivity index (χ1n) is 5.78. The van der Waals surface area contributed by atoms with Crippen molar-refractivity contribution in [3.63, 3.8) is 0 Å². The van der Waals surface area contributed by atoms with Gasteiger partial charge in [-0.05, 0) is 18.1 Å². The summed E-state index contributed by atoms with van der Waals surface area (Å²) < 4.78 is 38.5. The quantitative estimate of drug-likeness (QED) is 0.931. The summed E-state index contributed by atoms with van der Waals surface area (Å²) in [6, 6.07) is 7.14. The van der Waals surface area contributed by atoms with E-state index in [1.165, 1.54) is 4.68 Å². The van der Waals surface area contributed by atoms with Crippen LogP contribution in [0.15, 0.2) is 36.7 Å². The Bertz CT molecular complexity index is 560. The molecule has 0 spiro atoms. The van der Waals surface area contributed by atoms with Crippen LogP contribution in [-0.4, -0.2) is 9.78 Å². The van der Waals surface area contributed by atoms with E-state index >= 15 is 0 Å². The summed E-state index contributed by atoms with van der Waals surface area (Å²) in [6.07, 6.45) is -2.59. The van der Waals surface area contributed by atoms with Gasteiger partial charge in [0.15, 0.2) is 0 Å². The molecule has 2 rings (SSSR count). The van der Waals surface area contributed by atoms with E-state index in [2.05, 4.69) is 5.10 Å². The lowest BCUT2D eigenvalue weighted by Gasteiger charge is -2.14. The van der Waals surface area contributed by atoms with Crippen LogP contribution in [0.4, 0.5) is 13.2 Å². The molecule has 1 aromatic heterocycles. The minimum atomic E-state index is -4.37. The molecule has 19 heavy (non-hydrogen) atoms. The highest BCUT2D eigenvalue weighted by Crippen LogP contribution is 2.28. The maximum absolute atomic E-state index is 12.4. The molecule has 102 valence electrons. The topological polar surface area (TPSA) is 43.8 Å². The van der Waals surface area contributed by atoms with Gasteiger partial charge in [0.25, 0.3) is 0 Å². The van der Waals surface area contributed by atoms with Gasteiger partial charge >= 0.3 is 6.18 Å². The minimum Gasteiger partial charge on any atom is -0.322 e. The lowest BCUT2D eigenvalue weighted by atomic mass is 10.0. The van der Waals surface area contributed by atoms with Crippen molar-refractivity contribution in [3.8, 4) is 0 Å². The van der Waals surface area contributed by atoms with Crippen LogP contribution in [0.5, 0.6) is 0 Å². The molecule has 1 heterocycles. The summed E-state index contributed by atoms with van der Waals surface area (Å²) >= 11 is 0. The highest BCUT2D eigenvalue weighted by Gasteiger charge is 2.32. The van der Waals surface area contributed by atoms with Gasteiger partial charge in [-0.25, -0.2) is 0 Å². The van der Waals surface area contributed by atoms with Gasteiger partial charge in [0, 0.05) is 12.2 Å². The first-order chi connectivity index (χ1) is 8.88. The number of rotatable bonds is 3. The van der Waals surface area contributed by atoms with E-state index in [-0.39, 0.29) is 12.6 Å². The zero-order valence-electron chi connectivity index (χ0n) is 10.4. The maximum atomic E-state index is 12.4. The van der Waals surface area contributed by atoms with E-state index < -0.39 is 11.7 Å². The lowest BCUT2D eigenvalue weighted by molar-refractivity contribution is -0.137. The summed E-state index contributed by atoms with van der Waals surface area (Å²) in [5, 5.41) is 3.69. The van der Waals surface area contributed by atoms with Gasteiger partial charge in [0.1, 0.15) is 0 Å². The van der Waals surface area contributed by atoms with E-state index in [0.29, 0.717) is 0 Å². The number of nitrogens with zero attached hydrogens (tertiary/aromatic N) is 2. The summed E-state index contributed by atoms with van der Waals surface area (Å²) in [6.45, 7) is 2.13. The third-order valence-electron chi connectivity index (χ3n) is 2.93. The number of alkyl halides is 3. The van der Waals surface area contributed by atoms with Crippen LogP contribution in [0.3, 0.4) is 0 Å². The Hall–Kier alpha value is -1.82. The van der Waals surface area contributed by atoms with E-state index in [4.69, 9.17) is 5.73 Å². The largest absolute Gasteiger partial charge is 0.419 e. The van der Waals surface area contributed by atoms with Gasteiger partial charge in [-0.2, -0.15) is 18.3 Å². The van der Waals surface area contributed by atoms with Gasteiger partial charge < -0.3 is 5.73 Å². The molecular formula is C13H14F3N3. The van der Waals surface area contributed by atoms with Crippen molar-refractivity contribution in [2.45, 2.75) is 25.7 Å². The van der Waals surface area contributed by atoms with Gasteiger partial charge in [0.05, 0.1) is 18.3 Å². The van der Waals surface area contributed by atoms with Crippen LogP contribution in [0.2, 0.25) is 0 Å². The van der Waals surface area contributed by atoms with E-state index in [1.54, 1.807) is 0 Å². The molecule has 0 aliphatic carbocycles. The van der Waals surface area contributed by atoms with Crippen LogP contribution in [0.25, 0.3) is 0 Å². The summed E-state index contributed by atoms with van der Waals surface area (Å²) in [5.41, 5.74) is 7.17. The number of benzene rings is 1. The summed E-state index contributed by atoms with van der Waals surface area (Å²) in [4.78, 5) is 0. The highest BCUT2D eigenvalue weighted by atomic mass is 19.4. The van der Waals surface area contributed by atoms with Crippen LogP contribution in [0.1, 0.15) is 22.7 Å². The second kappa shape index (κ2) is 5.05. The normalized spacial score (nSPS) is 13.5. The highest BCUT2D eigenvalue weighted by molar-refractivity contribution is 5.28. The third-order valence-corrected chi connectivity index (χ3v) is 2.93. The molecule has 0 fully saturated rings. The Balaban J connectivity index is 2.14. The molecule has 2 aromatic rings. The fourth-order valence-electron chi connectivity index (χ4n) is 1.91. The minimum absolute atomic E-state index is 0.209. The third kappa shape index (κ3) is 3.14. The molecule has 3 nitrogen and oxygen atoms in total. The van der Waals surface area contributed by atoms with E-state index in [9.17, 15) is 13.2 Å². The molecule has 0 saturated carbocycles. The SMILES string of the molecule is Cc1ccccc1C(N)Cn1cc(C(F)(F)F)cn1. The Labute approximate surface area is 108 Å². The van der Waals surface area contributed by atoms with Gasteiger partial charge in [-0.3, -0.25) is 4.68 Å². The molecule has 1 unspecified atom stereocenters. The van der Waals surface area contributed by atoms with Crippen molar-refractivity contribution in [1.29, 1.82) is 0 Å². The first-order valence-corrected chi connectivity index (χ1v) is 5.78. The molecule has 0 aliphatic heterocycles. The Morgan fingerprint density at radius 3 is 2.58 bits per heavy atom. The number of hydrogen-bond acceptors (Lipinski definition) is 2. The monoisotopic (exact) mass is 269 g/mol. The van der Waals surface area contributed by atoms with Crippen molar-refractivity contribution in [2.75, 3.05) is 0 Å². The van der Waals surface area contributed by atoms with E-state index in [0.717, 1.165) is 23.5 Å². The van der Waals surface area contributed by atoms with Crippen LogP contribution in [0, 0.1) is 6.92 Å². The van der Waals surface area contributed by atoms with Crippen LogP contribution in [-0.2, 0) is 12.7 Å². The molecule has 2 N–H and O–H groups in total. The average Bonchev–Trinajstić information content (AvgIpc) is 2.77. The fraction of sp³-hybridized carbons (Fsp3) is 0.308. The maximum Gasteiger partial charge on any atom is 0.419 e. The predicted molar refractivity (Wildman–Crippen MR) is 65.3 cm³/mol. The van der Waals surface area contributed by atoms with Crippen molar-refractivity contribution in [2.24, 2.45) is 5.73 Å². The van der Waals surface area contributed by atoms with Crippen LogP contribution < -0.4 is 5.73 Å². The lowest BCUT2D eigenvalue weighted by Crippen LogP contribution is -2.19. The van der Waals surface area contributed by atoms with Gasteiger partial charge in [-0.1, -0.05) is 24.3 Å². The van der Waals surface area contributed by atoms with Crippen molar-refractivity contribution in [3.05, 3.63) is 53.3 Å². The summed E-state index contributed by atoms with van der Waals surface area (Å²) in [5.74, 6) is 0. The van der Waals surface area contributed by atoms with Crippen LogP contribution >= 0.6 is 0 Å². The zero-order chi connectivity index (χ0) is 14.0. The standard InChI is InChI=1S/C13H14F3N3/c1-9-4-2-3-5-11(9)12(17)8-19-7-10(6-18-19)13(14,15)16/h2-7,12H,8,17H2,1H3. The Morgan fingerprint density at radius 2 is 2.00 bits per heavy atom. The number of nitrogens with two attached hydrogens (primary N) is 1. The molecule has 0 amide bonds. The van der Waals surface area contributed by atoms with Gasteiger partial charge in [0.2, 0.25) is 0 Å². The number of aromatic nitrogens is 2. The fourth-order valence-corrected chi connectivity index (χ4v) is 1.91. The molecule has 0 bridgehead atoms. The zero-order valence-corrected chi connectivity index (χ0v) is 10.4. The number of hydrogen-bond donors (Lipinski definition) is 1. The molecule has 6 heteroatoms. The van der Waals surface area contributed by atoms with Crippen molar-refractivity contribution in [1.82, 2.24) is 9.78 Å². The van der Waals surface area contributed by atoms with Crippen molar-refractivity contribution >= 4 is 0 Å². The molecule has 0 saturated heterocycles. The smallest absolute Gasteiger partial charge is 0.322 e. The van der Waals surface area contributed by atoms with E-state index in [1.807, 2.05) is 31.2 Å². The Kier molecular flexibility index (Phi) is 3.61. The van der Waals surface area contributed by atoms with Gasteiger partial charge in [-0.15, -0.1) is 0 Å².